The van der Waals surface area contributed by atoms with Crippen molar-refractivity contribution in [1.82, 2.24) is 19.9 Å². The van der Waals surface area contributed by atoms with E-state index >= 15 is 0 Å². The van der Waals surface area contributed by atoms with Gasteiger partial charge in [0.15, 0.2) is 0 Å². The van der Waals surface area contributed by atoms with Crippen LogP contribution in [-0.4, -0.2) is 46.2 Å². The van der Waals surface area contributed by atoms with Crippen LogP contribution >= 0.6 is 0 Å². The molecule has 2 aromatic heterocycles. The van der Waals surface area contributed by atoms with Gasteiger partial charge in [-0.3, -0.25) is 4.98 Å². The van der Waals surface area contributed by atoms with Crippen LogP contribution in [0.4, 0.5) is 5.82 Å². The third-order valence-electron chi connectivity index (χ3n) is 3.91. The first-order chi connectivity index (χ1) is 11.2. The van der Waals surface area contributed by atoms with Crippen molar-refractivity contribution in [3.63, 3.8) is 0 Å². The van der Waals surface area contributed by atoms with Crippen LogP contribution in [-0.2, 0) is 0 Å². The predicted octanol–water partition coefficient (Wildman–Crippen LogP) is 1.94. The average molecular weight is 315 g/mol. The van der Waals surface area contributed by atoms with Crippen molar-refractivity contribution in [3.05, 3.63) is 30.0 Å². The first-order valence-corrected chi connectivity index (χ1v) is 7.73. The van der Waals surface area contributed by atoms with Gasteiger partial charge in [-0.1, -0.05) is 0 Å². The molecule has 1 fully saturated rings. The lowest BCUT2D eigenvalue weighted by atomic mass is 10.1. The maximum Gasteiger partial charge on any atom is 0.235 e. The maximum absolute atomic E-state index is 6.04. The van der Waals surface area contributed by atoms with Crippen molar-refractivity contribution in [2.45, 2.75) is 32.8 Å². The summed E-state index contributed by atoms with van der Waals surface area (Å²) in [7, 11) is 1.61. The Bertz CT molecular complexity index is 671. The van der Waals surface area contributed by atoms with Crippen LogP contribution in [0.25, 0.3) is 0 Å². The van der Waals surface area contributed by atoms with Crippen LogP contribution in [0.5, 0.6) is 11.8 Å². The fraction of sp³-hybridized carbons (Fsp3) is 0.500. The number of anilines is 1. The molecule has 0 spiro atoms. The maximum atomic E-state index is 6.04. The fourth-order valence-electron chi connectivity index (χ4n) is 2.60. The second-order valence-corrected chi connectivity index (χ2v) is 5.62. The Balaban J connectivity index is 1.61. The van der Waals surface area contributed by atoms with Gasteiger partial charge in [-0.05, 0) is 13.8 Å². The quantitative estimate of drug-likeness (QED) is 0.853. The molecule has 0 unspecified atom stereocenters. The monoisotopic (exact) mass is 315 g/mol. The molecule has 0 aliphatic carbocycles. The van der Waals surface area contributed by atoms with Crippen molar-refractivity contribution in [2.75, 3.05) is 25.1 Å². The summed E-state index contributed by atoms with van der Waals surface area (Å²) in [5.41, 5.74) is 1.70. The molecule has 2 aromatic rings. The van der Waals surface area contributed by atoms with Crippen LogP contribution in [0.1, 0.15) is 24.2 Å². The second-order valence-electron chi connectivity index (χ2n) is 5.62. The largest absolute Gasteiger partial charge is 0.481 e. The van der Waals surface area contributed by atoms with Gasteiger partial charge in [0.05, 0.1) is 18.5 Å². The lowest BCUT2D eigenvalue weighted by Crippen LogP contribution is -2.39. The van der Waals surface area contributed by atoms with E-state index in [1.165, 1.54) is 6.33 Å². The summed E-state index contributed by atoms with van der Waals surface area (Å²) in [5, 5.41) is 0. The summed E-state index contributed by atoms with van der Waals surface area (Å²) in [6, 6.07) is 1.86. The molecule has 0 bridgehead atoms. The highest BCUT2D eigenvalue weighted by molar-refractivity contribution is 5.41. The zero-order valence-electron chi connectivity index (χ0n) is 13.7. The molecule has 0 aromatic carbocycles. The number of aryl methyl sites for hydroxylation is 2. The van der Waals surface area contributed by atoms with Gasteiger partial charge in [0, 0.05) is 38.2 Å². The number of aromatic nitrogens is 4. The summed E-state index contributed by atoms with van der Waals surface area (Å²) in [5.74, 6) is 2.12. The molecule has 1 aliphatic heterocycles. The lowest BCUT2D eigenvalue weighted by molar-refractivity contribution is 0.161. The van der Waals surface area contributed by atoms with Gasteiger partial charge in [0.2, 0.25) is 11.8 Å². The Morgan fingerprint density at radius 1 is 1.13 bits per heavy atom. The molecule has 1 aliphatic rings. The molecule has 1 saturated heterocycles. The van der Waals surface area contributed by atoms with Crippen LogP contribution in [0.3, 0.4) is 0 Å². The van der Waals surface area contributed by atoms with Crippen LogP contribution < -0.4 is 14.4 Å². The normalized spacial score (nSPS) is 15.5. The summed E-state index contributed by atoms with van der Waals surface area (Å²) in [4.78, 5) is 19.3. The third kappa shape index (κ3) is 3.67. The Morgan fingerprint density at radius 3 is 2.65 bits per heavy atom. The Labute approximate surface area is 135 Å². The van der Waals surface area contributed by atoms with Crippen LogP contribution in [0, 0.1) is 13.8 Å². The minimum Gasteiger partial charge on any atom is -0.481 e. The van der Waals surface area contributed by atoms with E-state index in [0.717, 1.165) is 43.1 Å². The smallest absolute Gasteiger partial charge is 0.235 e. The first-order valence-electron chi connectivity index (χ1n) is 7.73. The number of hydrogen-bond donors (Lipinski definition) is 0. The minimum absolute atomic E-state index is 0.157. The molecule has 3 heterocycles. The summed E-state index contributed by atoms with van der Waals surface area (Å²) in [6.07, 6.45) is 5.28. The number of piperidine rings is 1. The van der Waals surface area contributed by atoms with E-state index in [9.17, 15) is 0 Å². The topological polar surface area (TPSA) is 73.3 Å². The average Bonchev–Trinajstić information content (AvgIpc) is 2.59. The third-order valence-corrected chi connectivity index (χ3v) is 3.91. The number of hydrogen-bond acceptors (Lipinski definition) is 7. The minimum atomic E-state index is 0.157. The van der Waals surface area contributed by atoms with E-state index in [2.05, 4.69) is 24.8 Å². The molecular weight excluding hydrogens is 294 g/mol. The molecule has 0 radical (unpaired) electrons. The van der Waals surface area contributed by atoms with Crippen molar-refractivity contribution in [3.8, 4) is 11.8 Å². The number of nitrogens with zero attached hydrogens (tertiary/aromatic N) is 5. The van der Waals surface area contributed by atoms with Gasteiger partial charge >= 0.3 is 0 Å². The van der Waals surface area contributed by atoms with Crippen molar-refractivity contribution in [2.24, 2.45) is 0 Å². The van der Waals surface area contributed by atoms with E-state index < -0.39 is 0 Å². The molecule has 23 heavy (non-hydrogen) atoms. The molecule has 122 valence electrons. The Kier molecular flexibility index (Phi) is 4.55. The van der Waals surface area contributed by atoms with E-state index in [-0.39, 0.29) is 6.10 Å². The number of rotatable bonds is 4. The highest BCUT2D eigenvalue weighted by Crippen LogP contribution is 2.23. The highest BCUT2D eigenvalue weighted by Gasteiger charge is 2.23. The Morgan fingerprint density at radius 2 is 1.91 bits per heavy atom. The van der Waals surface area contributed by atoms with Crippen molar-refractivity contribution in [1.29, 1.82) is 0 Å². The van der Waals surface area contributed by atoms with Gasteiger partial charge in [-0.25, -0.2) is 15.0 Å². The van der Waals surface area contributed by atoms with Crippen LogP contribution in [0.15, 0.2) is 18.6 Å². The summed E-state index contributed by atoms with van der Waals surface area (Å²) < 4.78 is 11.2. The lowest BCUT2D eigenvalue weighted by Gasteiger charge is -2.32. The number of ether oxygens (including phenoxy) is 2. The molecule has 7 nitrogen and oxygen atoms in total. The van der Waals surface area contributed by atoms with Gasteiger partial charge in [0.1, 0.15) is 18.2 Å². The fourth-order valence-corrected chi connectivity index (χ4v) is 2.60. The zero-order chi connectivity index (χ0) is 16.2. The Hall–Kier alpha value is -2.44. The van der Waals surface area contributed by atoms with Crippen molar-refractivity contribution >= 4 is 5.82 Å². The van der Waals surface area contributed by atoms with E-state index in [0.29, 0.717) is 11.8 Å². The van der Waals surface area contributed by atoms with E-state index in [4.69, 9.17) is 9.47 Å². The predicted molar refractivity (Wildman–Crippen MR) is 86.0 cm³/mol. The molecular formula is C16H21N5O2. The summed E-state index contributed by atoms with van der Waals surface area (Å²) >= 11 is 0. The number of methoxy groups -OCH3 is 1. The first kappa shape index (κ1) is 15.5. The molecule has 0 saturated carbocycles. The van der Waals surface area contributed by atoms with Gasteiger partial charge < -0.3 is 14.4 Å². The van der Waals surface area contributed by atoms with E-state index in [1.807, 2.05) is 19.9 Å². The molecule has 3 rings (SSSR count). The zero-order valence-corrected chi connectivity index (χ0v) is 13.7. The van der Waals surface area contributed by atoms with Gasteiger partial charge in [0.25, 0.3) is 0 Å². The summed E-state index contributed by atoms with van der Waals surface area (Å²) in [6.45, 7) is 5.60. The molecule has 0 amide bonds. The molecule has 7 heteroatoms. The molecule has 0 atom stereocenters. The highest BCUT2D eigenvalue weighted by atomic mass is 16.5. The molecule has 0 N–H and O–H groups in total. The van der Waals surface area contributed by atoms with Gasteiger partial charge in [-0.2, -0.15) is 0 Å². The van der Waals surface area contributed by atoms with Gasteiger partial charge in [-0.15, -0.1) is 0 Å². The van der Waals surface area contributed by atoms with Crippen LogP contribution in [0.2, 0.25) is 0 Å². The SMILES string of the molecule is COc1cc(N2CCC(Oc3nc(C)cnc3C)CC2)ncn1. The van der Waals surface area contributed by atoms with Crippen molar-refractivity contribution < 1.29 is 9.47 Å². The second kappa shape index (κ2) is 6.76. The van der Waals surface area contributed by atoms with E-state index in [1.54, 1.807) is 13.3 Å². The standard InChI is InChI=1S/C16H21N5O2/c1-11-9-17-12(2)16(20-11)23-13-4-6-21(7-5-13)14-8-15(22-3)19-10-18-14/h8-10,13H,4-7H2,1-3H3.